The molecule has 1 aromatic carbocycles. The summed E-state index contributed by atoms with van der Waals surface area (Å²) in [7, 11) is 1.65. The number of likely N-dealkylation sites (N-methyl/N-ethyl adjacent to an activating group) is 1. The highest BCUT2D eigenvalue weighted by molar-refractivity contribution is 6.01. The maximum absolute atomic E-state index is 12.8. The molecule has 0 saturated carbocycles. The first-order chi connectivity index (χ1) is 12.9. The van der Waals surface area contributed by atoms with E-state index in [-0.39, 0.29) is 17.7 Å². The number of carbonyl (C=O) groups is 3. The van der Waals surface area contributed by atoms with E-state index >= 15 is 0 Å². The van der Waals surface area contributed by atoms with Gasteiger partial charge in [-0.05, 0) is 30.3 Å². The average Bonchev–Trinajstić information content (AvgIpc) is 3.12. The Hall–Kier alpha value is -3.42. The van der Waals surface area contributed by atoms with Crippen LogP contribution in [-0.2, 0) is 15.1 Å². The summed E-state index contributed by atoms with van der Waals surface area (Å²) >= 11 is 0. The molecule has 1 fully saturated rings. The van der Waals surface area contributed by atoms with Crippen molar-refractivity contribution in [1.29, 1.82) is 0 Å². The Morgan fingerprint density at radius 3 is 2.67 bits per heavy atom. The first kappa shape index (κ1) is 17.0. The van der Waals surface area contributed by atoms with Gasteiger partial charge in [0.25, 0.3) is 5.91 Å². The summed E-state index contributed by atoms with van der Waals surface area (Å²) in [6, 6.07) is 6.86. The Bertz CT molecular complexity index is 941. The molecule has 2 aliphatic rings. The summed E-state index contributed by atoms with van der Waals surface area (Å²) in [5.41, 5.74) is 0.808. The maximum Gasteiger partial charge on any atom is 0.254 e. The van der Waals surface area contributed by atoms with Gasteiger partial charge in [-0.25, -0.2) is 4.98 Å². The van der Waals surface area contributed by atoms with Gasteiger partial charge in [0.15, 0.2) is 0 Å². The number of amides is 3. The van der Waals surface area contributed by atoms with E-state index in [4.69, 9.17) is 0 Å². The lowest BCUT2D eigenvalue weighted by Gasteiger charge is -2.52. The molecule has 138 valence electrons. The van der Waals surface area contributed by atoms with Crippen LogP contribution in [0.25, 0.3) is 0 Å². The van der Waals surface area contributed by atoms with Crippen LogP contribution in [0.2, 0.25) is 0 Å². The molecule has 3 amide bonds. The van der Waals surface area contributed by atoms with E-state index in [1.807, 2.05) is 10.8 Å². The molecule has 8 heteroatoms. The van der Waals surface area contributed by atoms with Gasteiger partial charge in [-0.2, -0.15) is 0 Å². The molecule has 1 saturated heterocycles. The summed E-state index contributed by atoms with van der Waals surface area (Å²) in [4.78, 5) is 43.7. The van der Waals surface area contributed by atoms with Gasteiger partial charge in [0, 0.05) is 43.8 Å². The van der Waals surface area contributed by atoms with E-state index in [2.05, 4.69) is 16.9 Å². The lowest BCUT2D eigenvalue weighted by atomic mass is 9.84. The van der Waals surface area contributed by atoms with Gasteiger partial charge in [-0.15, -0.1) is 0 Å². The van der Waals surface area contributed by atoms with Gasteiger partial charge in [-0.3, -0.25) is 19.7 Å². The van der Waals surface area contributed by atoms with Crippen LogP contribution in [-0.4, -0.2) is 52.3 Å². The molecule has 4 rings (SSSR count). The first-order valence-corrected chi connectivity index (χ1v) is 8.57. The minimum atomic E-state index is -0.416. The molecule has 2 aliphatic heterocycles. The van der Waals surface area contributed by atoms with Gasteiger partial charge >= 0.3 is 0 Å². The number of rotatable bonds is 3. The Kier molecular flexibility index (Phi) is 3.83. The topological polar surface area (TPSA) is 87.5 Å². The van der Waals surface area contributed by atoms with Crippen LogP contribution in [0.4, 0.5) is 11.6 Å². The number of hydrogen-bond acceptors (Lipinski definition) is 4. The molecule has 8 nitrogen and oxygen atoms in total. The van der Waals surface area contributed by atoms with E-state index in [0.717, 1.165) is 0 Å². The fourth-order valence-electron chi connectivity index (χ4n) is 3.68. The summed E-state index contributed by atoms with van der Waals surface area (Å²) < 4.78 is 1.94. The van der Waals surface area contributed by atoms with Crippen molar-refractivity contribution in [1.82, 2.24) is 14.5 Å². The van der Waals surface area contributed by atoms with Crippen molar-refractivity contribution in [2.45, 2.75) is 12.0 Å². The largest absolute Gasteiger partial charge is 0.334 e. The molecule has 0 atom stereocenters. The minimum Gasteiger partial charge on any atom is -0.334 e. The fourth-order valence-corrected chi connectivity index (χ4v) is 3.68. The fraction of sp³-hybridized carbons (Fsp3) is 0.263. The number of nitrogens with one attached hydrogen (secondary N) is 1. The van der Waals surface area contributed by atoms with Crippen molar-refractivity contribution in [2.75, 3.05) is 30.4 Å². The van der Waals surface area contributed by atoms with E-state index in [1.165, 1.54) is 11.0 Å². The SMILES string of the molecule is C=CC(=O)N(C)c1ccc(C(=O)N2CC3(CC(=O)Nc4nccn43)C2)cc1. The van der Waals surface area contributed by atoms with Gasteiger partial charge in [-0.1, -0.05) is 6.58 Å². The number of imidazole rings is 1. The zero-order chi connectivity index (χ0) is 19.2. The number of nitrogens with zero attached hydrogens (tertiary/aromatic N) is 4. The monoisotopic (exact) mass is 365 g/mol. The highest BCUT2D eigenvalue weighted by Gasteiger charge is 2.51. The predicted molar refractivity (Wildman–Crippen MR) is 99.4 cm³/mol. The normalized spacial score (nSPS) is 16.9. The molecule has 0 bridgehead atoms. The highest BCUT2D eigenvalue weighted by atomic mass is 16.2. The smallest absolute Gasteiger partial charge is 0.254 e. The van der Waals surface area contributed by atoms with Gasteiger partial charge in [0.1, 0.15) is 0 Å². The lowest BCUT2D eigenvalue weighted by molar-refractivity contribution is -0.122. The third-order valence-electron chi connectivity index (χ3n) is 5.16. The average molecular weight is 365 g/mol. The summed E-state index contributed by atoms with van der Waals surface area (Å²) in [5, 5.41) is 2.74. The van der Waals surface area contributed by atoms with Crippen molar-refractivity contribution in [3.8, 4) is 0 Å². The van der Waals surface area contributed by atoms with Crippen molar-refractivity contribution >= 4 is 29.4 Å². The molecule has 0 radical (unpaired) electrons. The van der Waals surface area contributed by atoms with Crippen LogP contribution in [0.5, 0.6) is 0 Å². The van der Waals surface area contributed by atoms with Crippen LogP contribution >= 0.6 is 0 Å². The second-order valence-corrected chi connectivity index (χ2v) is 6.88. The maximum atomic E-state index is 12.8. The zero-order valence-corrected chi connectivity index (χ0v) is 14.9. The first-order valence-electron chi connectivity index (χ1n) is 8.57. The van der Waals surface area contributed by atoms with Crippen molar-refractivity contribution in [3.05, 3.63) is 54.9 Å². The number of hydrogen-bond donors (Lipinski definition) is 1. The number of benzene rings is 1. The van der Waals surface area contributed by atoms with Crippen LogP contribution in [0.15, 0.2) is 49.3 Å². The molecule has 0 unspecified atom stereocenters. The second-order valence-electron chi connectivity index (χ2n) is 6.88. The third kappa shape index (κ3) is 2.69. The molecule has 2 aromatic rings. The molecular weight excluding hydrogens is 346 g/mol. The summed E-state index contributed by atoms with van der Waals surface area (Å²) in [6.07, 6.45) is 5.04. The van der Waals surface area contributed by atoms with Gasteiger partial charge < -0.3 is 14.4 Å². The molecular formula is C19H19N5O3. The molecule has 1 N–H and O–H groups in total. The summed E-state index contributed by atoms with van der Waals surface area (Å²) in [5.74, 6) is 0.126. The quantitative estimate of drug-likeness (QED) is 0.829. The van der Waals surface area contributed by atoms with Crippen LogP contribution in [0.1, 0.15) is 16.8 Å². The van der Waals surface area contributed by atoms with Crippen molar-refractivity contribution in [3.63, 3.8) is 0 Å². The molecule has 3 heterocycles. The predicted octanol–water partition coefficient (Wildman–Crippen LogP) is 1.23. The Morgan fingerprint density at radius 1 is 1.30 bits per heavy atom. The number of carbonyl (C=O) groups excluding carboxylic acids is 3. The Morgan fingerprint density at radius 2 is 2.00 bits per heavy atom. The minimum absolute atomic E-state index is 0.0833. The van der Waals surface area contributed by atoms with Gasteiger partial charge in [0.05, 0.1) is 12.0 Å². The standard InChI is InChI=1S/C19H19N5O3/c1-3-16(26)22(2)14-6-4-13(5-7-14)17(27)23-11-19(12-23)10-15(25)21-18-20-8-9-24(18)19/h3-9H,1,10-12H2,2H3,(H,20,21,25). The Labute approximate surface area is 156 Å². The molecule has 27 heavy (non-hydrogen) atoms. The summed E-state index contributed by atoms with van der Waals surface area (Å²) in [6.45, 7) is 4.38. The van der Waals surface area contributed by atoms with E-state index in [9.17, 15) is 14.4 Å². The Balaban J connectivity index is 1.48. The van der Waals surface area contributed by atoms with E-state index in [0.29, 0.717) is 36.7 Å². The van der Waals surface area contributed by atoms with E-state index < -0.39 is 5.54 Å². The van der Waals surface area contributed by atoms with Gasteiger partial charge in [0.2, 0.25) is 17.8 Å². The number of fused-ring (bicyclic) bond motifs is 2. The molecule has 1 aromatic heterocycles. The number of aromatic nitrogens is 2. The van der Waals surface area contributed by atoms with Crippen LogP contribution < -0.4 is 10.2 Å². The lowest BCUT2D eigenvalue weighted by Crippen LogP contribution is -2.66. The second kappa shape index (κ2) is 6.08. The van der Waals surface area contributed by atoms with Crippen LogP contribution in [0.3, 0.4) is 0 Å². The third-order valence-corrected chi connectivity index (χ3v) is 5.16. The van der Waals surface area contributed by atoms with E-state index in [1.54, 1.807) is 42.4 Å². The molecule has 1 spiro atoms. The van der Waals surface area contributed by atoms with Crippen molar-refractivity contribution < 1.29 is 14.4 Å². The number of anilines is 2. The van der Waals surface area contributed by atoms with Crippen LogP contribution in [0, 0.1) is 0 Å². The highest BCUT2D eigenvalue weighted by Crippen LogP contribution is 2.38. The number of likely N-dealkylation sites (tertiary alicyclic amines) is 1. The molecule has 0 aliphatic carbocycles. The zero-order valence-electron chi connectivity index (χ0n) is 14.9. The van der Waals surface area contributed by atoms with Crippen molar-refractivity contribution in [2.24, 2.45) is 0 Å².